The van der Waals surface area contributed by atoms with E-state index in [0.29, 0.717) is 17.9 Å². The number of carbonyl (C=O) groups excluding carboxylic acids is 2. The highest BCUT2D eigenvalue weighted by Crippen LogP contribution is 2.27. The van der Waals surface area contributed by atoms with Gasteiger partial charge in [0.05, 0.1) is 12.8 Å². The van der Waals surface area contributed by atoms with Crippen molar-refractivity contribution in [3.05, 3.63) is 36.0 Å². The first kappa shape index (κ1) is 19.5. The van der Waals surface area contributed by atoms with E-state index in [0.717, 1.165) is 50.0 Å². The number of benzene rings is 1. The number of amides is 2. The molecule has 154 valence electrons. The molecule has 2 aromatic rings. The summed E-state index contributed by atoms with van der Waals surface area (Å²) in [7, 11) is 1.62. The minimum Gasteiger partial charge on any atom is -0.497 e. The number of nitrogens with one attached hydrogen (secondary N) is 2. The van der Waals surface area contributed by atoms with Crippen LogP contribution in [0.15, 0.2) is 30.3 Å². The van der Waals surface area contributed by atoms with Crippen LogP contribution in [0.2, 0.25) is 0 Å². The van der Waals surface area contributed by atoms with Gasteiger partial charge in [-0.15, -0.1) is 0 Å². The summed E-state index contributed by atoms with van der Waals surface area (Å²) < 4.78 is 5.17. The minimum absolute atomic E-state index is 0.0113. The minimum atomic E-state index is -0.186. The molecular weight excluding hydrogens is 368 g/mol. The van der Waals surface area contributed by atoms with Crippen LogP contribution >= 0.6 is 0 Å². The van der Waals surface area contributed by atoms with Crippen LogP contribution in [-0.2, 0) is 4.79 Å². The van der Waals surface area contributed by atoms with Crippen molar-refractivity contribution in [2.24, 2.45) is 5.92 Å². The molecule has 2 amide bonds. The smallest absolute Gasteiger partial charge is 0.269 e. The molecule has 1 atom stereocenters. The van der Waals surface area contributed by atoms with E-state index < -0.39 is 0 Å². The molecule has 0 bridgehead atoms. The quantitative estimate of drug-likeness (QED) is 0.813. The van der Waals surface area contributed by atoms with Crippen LogP contribution in [-0.4, -0.2) is 53.2 Å². The predicted molar refractivity (Wildman–Crippen MR) is 110 cm³/mol. The second-order valence-corrected chi connectivity index (χ2v) is 7.97. The van der Waals surface area contributed by atoms with E-state index in [4.69, 9.17) is 4.74 Å². The van der Waals surface area contributed by atoms with E-state index >= 15 is 0 Å². The molecular formula is C22H28N4O3. The van der Waals surface area contributed by atoms with Crippen molar-refractivity contribution in [1.82, 2.24) is 20.4 Å². The van der Waals surface area contributed by atoms with Crippen LogP contribution in [0.5, 0.6) is 5.75 Å². The number of hydrogen-bond acceptors (Lipinski definition) is 4. The first-order valence-electron chi connectivity index (χ1n) is 10.4. The van der Waals surface area contributed by atoms with Gasteiger partial charge in [-0.25, -0.2) is 0 Å². The van der Waals surface area contributed by atoms with Gasteiger partial charge in [0.2, 0.25) is 5.91 Å². The zero-order valence-corrected chi connectivity index (χ0v) is 16.8. The topological polar surface area (TPSA) is 87.3 Å². The van der Waals surface area contributed by atoms with Crippen LogP contribution in [0.4, 0.5) is 0 Å². The van der Waals surface area contributed by atoms with Gasteiger partial charge in [0.1, 0.15) is 11.4 Å². The third-order valence-corrected chi connectivity index (χ3v) is 6.00. The van der Waals surface area contributed by atoms with Crippen molar-refractivity contribution in [1.29, 1.82) is 0 Å². The number of carbonyl (C=O) groups is 2. The van der Waals surface area contributed by atoms with Gasteiger partial charge >= 0.3 is 0 Å². The van der Waals surface area contributed by atoms with Gasteiger partial charge in [-0.05, 0) is 49.6 Å². The summed E-state index contributed by atoms with van der Waals surface area (Å²) in [6.45, 7) is 1.32. The van der Waals surface area contributed by atoms with Crippen molar-refractivity contribution in [3.8, 4) is 17.0 Å². The van der Waals surface area contributed by atoms with Crippen molar-refractivity contribution >= 4 is 11.8 Å². The van der Waals surface area contributed by atoms with Gasteiger partial charge < -0.3 is 15.0 Å². The highest BCUT2D eigenvalue weighted by molar-refractivity contribution is 5.93. The van der Waals surface area contributed by atoms with E-state index in [9.17, 15) is 9.59 Å². The third kappa shape index (κ3) is 4.44. The van der Waals surface area contributed by atoms with Crippen molar-refractivity contribution < 1.29 is 14.3 Å². The molecule has 0 radical (unpaired) electrons. The van der Waals surface area contributed by atoms with Gasteiger partial charge in [0.15, 0.2) is 0 Å². The molecule has 1 aliphatic heterocycles. The Kier molecular flexibility index (Phi) is 5.83. The van der Waals surface area contributed by atoms with E-state index in [1.807, 2.05) is 29.2 Å². The fourth-order valence-corrected chi connectivity index (χ4v) is 4.30. The van der Waals surface area contributed by atoms with Gasteiger partial charge in [-0.3, -0.25) is 14.7 Å². The Morgan fingerprint density at radius 2 is 1.90 bits per heavy atom. The van der Waals surface area contributed by atoms with Crippen LogP contribution < -0.4 is 10.1 Å². The Morgan fingerprint density at radius 1 is 1.14 bits per heavy atom. The highest BCUT2D eigenvalue weighted by atomic mass is 16.5. The molecule has 1 aromatic carbocycles. The first-order valence-corrected chi connectivity index (χ1v) is 10.4. The Hall–Kier alpha value is -2.83. The summed E-state index contributed by atoms with van der Waals surface area (Å²) in [5.74, 6) is 1.03. The van der Waals surface area contributed by atoms with E-state index in [2.05, 4.69) is 15.5 Å². The number of methoxy groups -OCH3 is 1. The molecule has 4 rings (SSSR count). The molecule has 7 heteroatoms. The molecule has 1 unspecified atom stereocenters. The highest BCUT2D eigenvalue weighted by Gasteiger charge is 2.32. The Balaban J connectivity index is 1.32. The maximum Gasteiger partial charge on any atom is 0.269 e. The SMILES string of the molecule is COc1ccc(-c2cc(C(=O)NC3CCN(C(=O)C4CCCCC4)C3)[nH]n2)cc1. The zero-order valence-electron chi connectivity index (χ0n) is 16.8. The number of rotatable bonds is 5. The van der Waals surface area contributed by atoms with E-state index in [1.165, 1.54) is 6.42 Å². The lowest BCUT2D eigenvalue weighted by atomic mass is 9.88. The first-order chi connectivity index (χ1) is 14.1. The number of hydrogen-bond donors (Lipinski definition) is 2. The second-order valence-electron chi connectivity index (χ2n) is 7.97. The predicted octanol–water partition coefficient (Wildman–Crippen LogP) is 3.00. The maximum absolute atomic E-state index is 12.7. The fraction of sp³-hybridized carbons (Fsp3) is 0.500. The van der Waals surface area contributed by atoms with Crippen molar-refractivity contribution in [3.63, 3.8) is 0 Å². The van der Waals surface area contributed by atoms with E-state index in [1.54, 1.807) is 13.2 Å². The average Bonchev–Trinajstić information content (AvgIpc) is 3.44. The standard InChI is InChI=1S/C22H28N4O3/c1-29-18-9-7-15(8-10-18)19-13-20(25-24-19)21(27)23-17-11-12-26(14-17)22(28)16-5-3-2-4-6-16/h7-10,13,16-17H,2-6,11-12,14H2,1H3,(H,23,27)(H,24,25). The number of aromatic amines is 1. The molecule has 2 heterocycles. The number of nitrogens with zero attached hydrogens (tertiary/aromatic N) is 2. The second kappa shape index (κ2) is 8.68. The summed E-state index contributed by atoms with van der Waals surface area (Å²) in [4.78, 5) is 27.2. The molecule has 29 heavy (non-hydrogen) atoms. The molecule has 1 aromatic heterocycles. The Labute approximate surface area is 170 Å². The molecule has 1 saturated carbocycles. The molecule has 2 fully saturated rings. The number of likely N-dealkylation sites (tertiary alicyclic amines) is 1. The molecule has 1 saturated heterocycles. The van der Waals surface area contributed by atoms with Crippen LogP contribution in [0, 0.1) is 5.92 Å². The van der Waals surface area contributed by atoms with Crippen LogP contribution in [0.25, 0.3) is 11.3 Å². The normalized spacial score (nSPS) is 19.9. The van der Waals surface area contributed by atoms with Gasteiger partial charge in [-0.1, -0.05) is 19.3 Å². The summed E-state index contributed by atoms with van der Waals surface area (Å²) in [6, 6.07) is 9.27. The number of ether oxygens (including phenoxy) is 1. The van der Waals surface area contributed by atoms with E-state index in [-0.39, 0.29) is 23.8 Å². The molecule has 0 spiro atoms. The van der Waals surface area contributed by atoms with Crippen LogP contribution in [0.1, 0.15) is 49.0 Å². The lowest BCUT2D eigenvalue weighted by Gasteiger charge is -2.26. The molecule has 2 N–H and O–H groups in total. The fourth-order valence-electron chi connectivity index (χ4n) is 4.30. The lowest BCUT2D eigenvalue weighted by molar-refractivity contribution is -0.135. The van der Waals surface area contributed by atoms with Crippen LogP contribution in [0.3, 0.4) is 0 Å². The number of H-pyrrole nitrogens is 1. The summed E-state index contributed by atoms with van der Waals surface area (Å²) in [6.07, 6.45) is 6.36. The maximum atomic E-state index is 12.7. The van der Waals surface area contributed by atoms with Gasteiger partial charge in [0.25, 0.3) is 5.91 Å². The Bertz CT molecular complexity index is 855. The van der Waals surface area contributed by atoms with Gasteiger partial charge in [-0.2, -0.15) is 5.10 Å². The molecule has 1 aliphatic carbocycles. The monoisotopic (exact) mass is 396 g/mol. The largest absolute Gasteiger partial charge is 0.497 e. The van der Waals surface area contributed by atoms with Gasteiger partial charge in [0, 0.05) is 30.6 Å². The lowest BCUT2D eigenvalue weighted by Crippen LogP contribution is -2.40. The molecule has 7 nitrogen and oxygen atoms in total. The molecule has 2 aliphatic rings. The zero-order chi connectivity index (χ0) is 20.2. The summed E-state index contributed by atoms with van der Waals surface area (Å²) >= 11 is 0. The summed E-state index contributed by atoms with van der Waals surface area (Å²) in [5, 5.41) is 10.1. The Morgan fingerprint density at radius 3 is 2.62 bits per heavy atom. The average molecular weight is 396 g/mol. The third-order valence-electron chi connectivity index (χ3n) is 6.00. The number of aromatic nitrogens is 2. The summed E-state index contributed by atoms with van der Waals surface area (Å²) in [5.41, 5.74) is 2.04. The van der Waals surface area contributed by atoms with Crippen molar-refractivity contribution in [2.45, 2.75) is 44.6 Å². The van der Waals surface area contributed by atoms with Crippen molar-refractivity contribution in [2.75, 3.05) is 20.2 Å².